The lowest BCUT2D eigenvalue weighted by molar-refractivity contribution is 0.0993. The fraction of sp³-hybridized carbons (Fsp3) is 0.118. The quantitative estimate of drug-likeness (QED) is 0.714. The molecule has 1 aromatic heterocycles. The standard InChI is InChI=1S/C17H14FNO/c1-11-6-7-16-13(8-11)14(10-19-16)17(20)9-12-4-2-3-5-15(12)18/h2-8,10,19H,9H2,1H3. The molecule has 2 nitrogen and oxygen atoms in total. The van der Waals surface area contributed by atoms with Crippen LogP contribution in [0.2, 0.25) is 0 Å². The number of rotatable bonds is 3. The fourth-order valence-electron chi connectivity index (χ4n) is 2.38. The Balaban J connectivity index is 1.97. The molecule has 0 aliphatic heterocycles. The van der Waals surface area contributed by atoms with Crippen LogP contribution in [0.3, 0.4) is 0 Å². The number of aromatic amines is 1. The molecule has 20 heavy (non-hydrogen) atoms. The number of aromatic nitrogens is 1. The van der Waals surface area contributed by atoms with Crippen LogP contribution in [-0.2, 0) is 6.42 Å². The molecule has 100 valence electrons. The number of hydrogen-bond donors (Lipinski definition) is 1. The van der Waals surface area contributed by atoms with E-state index < -0.39 is 0 Å². The number of hydrogen-bond acceptors (Lipinski definition) is 1. The monoisotopic (exact) mass is 267 g/mol. The van der Waals surface area contributed by atoms with Gasteiger partial charge in [0.1, 0.15) is 5.82 Å². The predicted molar refractivity (Wildman–Crippen MR) is 77.5 cm³/mol. The Labute approximate surface area is 116 Å². The molecule has 1 heterocycles. The van der Waals surface area contributed by atoms with Crippen molar-refractivity contribution in [1.82, 2.24) is 4.98 Å². The molecule has 1 N–H and O–H groups in total. The number of nitrogens with one attached hydrogen (secondary N) is 1. The summed E-state index contributed by atoms with van der Waals surface area (Å²) in [6, 6.07) is 12.3. The molecule has 0 saturated carbocycles. The van der Waals surface area contributed by atoms with Crippen molar-refractivity contribution in [3.05, 3.63) is 71.2 Å². The zero-order valence-corrected chi connectivity index (χ0v) is 11.1. The Morgan fingerprint density at radius 3 is 2.80 bits per heavy atom. The van der Waals surface area contributed by atoms with Gasteiger partial charge in [0.2, 0.25) is 0 Å². The summed E-state index contributed by atoms with van der Waals surface area (Å²) in [5.74, 6) is -0.413. The van der Waals surface area contributed by atoms with Crippen LogP contribution in [0, 0.1) is 12.7 Å². The number of carbonyl (C=O) groups excluding carboxylic acids is 1. The fourth-order valence-corrected chi connectivity index (χ4v) is 2.38. The third kappa shape index (κ3) is 2.23. The molecule has 0 saturated heterocycles. The van der Waals surface area contributed by atoms with Gasteiger partial charge in [-0.2, -0.15) is 0 Å². The molecule has 3 rings (SSSR count). The van der Waals surface area contributed by atoms with Crippen molar-refractivity contribution >= 4 is 16.7 Å². The molecule has 0 atom stereocenters. The Morgan fingerprint density at radius 1 is 1.20 bits per heavy atom. The van der Waals surface area contributed by atoms with Crippen molar-refractivity contribution < 1.29 is 9.18 Å². The van der Waals surface area contributed by atoms with Crippen LogP contribution in [-0.4, -0.2) is 10.8 Å². The topological polar surface area (TPSA) is 32.9 Å². The highest BCUT2D eigenvalue weighted by Crippen LogP contribution is 2.21. The lowest BCUT2D eigenvalue weighted by Gasteiger charge is -2.02. The van der Waals surface area contributed by atoms with Gasteiger partial charge < -0.3 is 4.98 Å². The summed E-state index contributed by atoms with van der Waals surface area (Å²) in [7, 11) is 0. The third-order valence-electron chi connectivity index (χ3n) is 3.45. The maximum Gasteiger partial charge on any atom is 0.169 e. The van der Waals surface area contributed by atoms with E-state index in [0.29, 0.717) is 11.1 Å². The van der Waals surface area contributed by atoms with Gasteiger partial charge in [0.15, 0.2) is 5.78 Å². The van der Waals surface area contributed by atoms with Gasteiger partial charge in [-0.3, -0.25) is 4.79 Å². The van der Waals surface area contributed by atoms with Gasteiger partial charge in [-0.1, -0.05) is 29.8 Å². The first-order valence-electron chi connectivity index (χ1n) is 6.49. The second-order valence-electron chi connectivity index (χ2n) is 4.94. The van der Waals surface area contributed by atoms with Crippen LogP contribution in [0.25, 0.3) is 10.9 Å². The van der Waals surface area contributed by atoms with Crippen LogP contribution in [0.15, 0.2) is 48.7 Å². The average molecular weight is 267 g/mol. The molecule has 0 spiro atoms. The van der Waals surface area contributed by atoms with Gasteiger partial charge in [-0.15, -0.1) is 0 Å². The molecular weight excluding hydrogens is 253 g/mol. The zero-order valence-electron chi connectivity index (χ0n) is 11.1. The van der Waals surface area contributed by atoms with Crippen molar-refractivity contribution in [3.63, 3.8) is 0 Å². The summed E-state index contributed by atoms with van der Waals surface area (Å²) in [6.07, 6.45) is 1.78. The van der Waals surface area contributed by atoms with E-state index in [1.165, 1.54) is 6.07 Å². The molecular formula is C17H14FNO. The highest BCUT2D eigenvalue weighted by atomic mass is 19.1. The molecule has 2 aromatic carbocycles. The number of benzene rings is 2. The van der Waals surface area contributed by atoms with Crippen LogP contribution in [0.5, 0.6) is 0 Å². The maximum absolute atomic E-state index is 13.6. The summed E-state index contributed by atoms with van der Waals surface area (Å²) in [6.45, 7) is 1.98. The van der Waals surface area contributed by atoms with E-state index in [-0.39, 0.29) is 18.0 Å². The first kappa shape index (κ1) is 12.6. The SMILES string of the molecule is Cc1ccc2[nH]cc(C(=O)Cc3ccccc3F)c2c1. The van der Waals surface area contributed by atoms with E-state index in [1.54, 1.807) is 24.4 Å². The summed E-state index contributed by atoms with van der Waals surface area (Å²) in [5, 5.41) is 0.895. The first-order valence-corrected chi connectivity index (χ1v) is 6.49. The van der Waals surface area contributed by atoms with Crippen molar-refractivity contribution in [2.75, 3.05) is 0 Å². The summed E-state index contributed by atoms with van der Waals surface area (Å²) in [5.41, 5.74) is 3.07. The van der Waals surface area contributed by atoms with Gasteiger partial charge >= 0.3 is 0 Å². The number of carbonyl (C=O) groups is 1. The van der Waals surface area contributed by atoms with Gasteiger partial charge in [0.25, 0.3) is 0 Å². The lowest BCUT2D eigenvalue weighted by atomic mass is 10.0. The largest absolute Gasteiger partial charge is 0.360 e. The molecule has 0 aliphatic carbocycles. The van der Waals surface area contributed by atoms with Gasteiger partial charge in [0.05, 0.1) is 0 Å². The third-order valence-corrected chi connectivity index (χ3v) is 3.45. The lowest BCUT2D eigenvalue weighted by Crippen LogP contribution is -2.04. The molecule has 0 fully saturated rings. The van der Waals surface area contributed by atoms with Crippen molar-refractivity contribution in [3.8, 4) is 0 Å². The molecule has 0 bridgehead atoms. The van der Waals surface area contributed by atoms with Crippen LogP contribution in [0.1, 0.15) is 21.5 Å². The molecule has 3 heteroatoms. The first-order chi connectivity index (χ1) is 9.65. The van der Waals surface area contributed by atoms with Crippen LogP contribution in [0.4, 0.5) is 4.39 Å². The second kappa shape index (κ2) is 4.93. The number of halogens is 1. The number of ketones is 1. The molecule has 0 aliphatic rings. The van der Waals surface area contributed by atoms with E-state index in [4.69, 9.17) is 0 Å². The number of H-pyrrole nitrogens is 1. The number of aryl methyl sites for hydroxylation is 1. The average Bonchev–Trinajstić information content (AvgIpc) is 2.84. The van der Waals surface area contributed by atoms with Crippen LogP contribution < -0.4 is 0 Å². The van der Waals surface area contributed by atoms with Crippen molar-refractivity contribution in [2.45, 2.75) is 13.3 Å². The molecule has 0 radical (unpaired) electrons. The summed E-state index contributed by atoms with van der Waals surface area (Å²) in [4.78, 5) is 15.4. The second-order valence-corrected chi connectivity index (χ2v) is 4.94. The van der Waals surface area contributed by atoms with E-state index in [2.05, 4.69) is 4.98 Å². The van der Waals surface area contributed by atoms with E-state index >= 15 is 0 Å². The number of Topliss-reactive ketones (excluding diaryl/α,β-unsaturated/α-hetero) is 1. The Hall–Kier alpha value is -2.42. The van der Waals surface area contributed by atoms with Gasteiger partial charge in [-0.25, -0.2) is 4.39 Å². The molecule has 3 aromatic rings. The minimum Gasteiger partial charge on any atom is -0.360 e. The van der Waals surface area contributed by atoms with E-state index in [1.807, 2.05) is 25.1 Å². The van der Waals surface area contributed by atoms with Crippen LogP contribution >= 0.6 is 0 Å². The van der Waals surface area contributed by atoms with E-state index in [0.717, 1.165) is 16.5 Å². The maximum atomic E-state index is 13.6. The van der Waals surface area contributed by atoms with E-state index in [9.17, 15) is 9.18 Å². The number of fused-ring (bicyclic) bond motifs is 1. The molecule has 0 unspecified atom stereocenters. The minimum atomic E-state index is -0.336. The Morgan fingerprint density at radius 2 is 2.00 bits per heavy atom. The minimum absolute atomic E-state index is 0.0769. The summed E-state index contributed by atoms with van der Waals surface area (Å²) < 4.78 is 13.6. The zero-order chi connectivity index (χ0) is 14.1. The normalized spacial score (nSPS) is 10.9. The smallest absolute Gasteiger partial charge is 0.169 e. The Bertz CT molecular complexity index is 789. The molecule has 0 amide bonds. The summed E-state index contributed by atoms with van der Waals surface area (Å²) >= 11 is 0. The highest BCUT2D eigenvalue weighted by molar-refractivity contribution is 6.08. The Kier molecular flexibility index (Phi) is 3.11. The van der Waals surface area contributed by atoms with Crippen molar-refractivity contribution in [1.29, 1.82) is 0 Å². The highest BCUT2D eigenvalue weighted by Gasteiger charge is 2.14. The van der Waals surface area contributed by atoms with Gasteiger partial charge in [-0.05, 0) is 30.7 Å². The predicted octanol–water partition coefficient (Wildman–Crippen LogP) is 4.04. The van der Waals surface area contributed by atoms with Gasteiger partial charge in [0, 0.05) is 29.1 Å². The van der Waals surface area contributed by atoms with Crippen molar-refractivity contribution in [2.24, 2.45) is 0 Å².